The normalized spacial score (nSPS) is 12.1. The zero-order valence-corrected chi connectivity index (χ0v) is 11.8. The highest BCUT2D eigenvalue weighted by molar-refractivity contribution is 9.11. The molecule has 1 atom stereocenters. The Balaban J connectivity index is 2.60. The van der Waals surface area contributed by atoms with Crippen LogP contribution in [-0.4, -0.2) is 23.0 Å². The van der Waals surface area contributed by atoms with Gasteiger partial charge in [-0.05, 0) is 34.5 Å². The first-order valence-corrected chi connectivity index (χ1v) is 6.94. The van der Waals surface area contributed by atoms with Crippen molar-refractivity contribution in [2.75, 3.05) is 0 Å². The molecule has 6 heteroatoms. The van der Waals surface area contributed by atoms with E-state index in [4.69, 9.17) is 5.11 Å². The molecule has 1 aromatic rings. The molecule has 0 fully saturated rings. The number of carbonyl (C=O) groups is 2. The summed E-state index contributed by atoms with van der Waals surface area (Å²) in [5.74, 6) is -1.31. The highest BCUT2D eigenvalue weighted by atomic mass is 79.9. The first kappa shape index (κ1) is 14.2. The van der Waals surface area contributed by atoms with Gasteiger partial charge in [0.1, 0.15) is 6.04 Å². The Bertz CT molecular complexity index is 405. The molecule has 4 nitrogen and oxygen atoms in total. The minimum Gasteiger partial charge on any atom is -0.480 e. The van der Waals surface area contributed by atoms with Gasteiger partial charge >= 0.3 is 5.97 Å². The van der Waals surface area contributed by atoms with Crippen molar-refractivity contribution in [3.8, 4) is 0 Å². The molecule has 0 aliphatic carbocycles. The van der Waals surface area contributed by atoms with E-state index in [0.29, 0.717) is 11.3 Å². The summed E-state index contributed by atoms with van der Waals surface area (Å²) in [6, 6.07) is 2.63. The molecule has 1 amide bonds. The SMILES string of the molecule is CCCC[C@H](NC(=O)c1ccc(Br)s1)C(=O)O. The van der Waals surface area contributed by atoms with Gasteiger partial charge in [0, 0.05) is 0 Å². The van der Waals surface area contributed by atoms with Crippen LogP contribution >= 0.6 is 27.3 Å². The van der Waals surface area contributed by atoms with Crippen LogP contribution in [0.4, 0.5) is 0 Å². The predicted octanol–water partition coefficient (Wildman–Crippen LogP) is 2.88. The standard InChI is InChI=1S/C11H14BrNO3S/c1-2-3-4-7(11(15)16)13-10(14)8-5-6-9(12)17-8/h5-7H,2-4H2,1H3,(H,13,14)(H,15,16)/t7-/m0/s1. The number of thiophene rings is 1. The molecule has 0 aromatic carbocycles. The third kappa shape index (κ3) is 4.47. The summed E-state index contributed by atoms with van der Waals surface area (Å²) >= 11 is 4.54. The number of halogens is 1. The van der Waals surface area contributed by atoms with Gasteiger partial charge in [0.05, 0.1) is 8.66 Å². The summed E-state index contributed by atoms with van der Waals surface area (Å²) in [5, 5.41) is 11.5. The average molecular weight is 320 g/mol. The minimum absolute atomic E-state index is 0.329. The smallest absolute Gasteiger partial charge is 0.326 e. The first-order valence-electron chi connectivity index (χ1n) is 5.33. The molecular formula is C11H14BrNO3S. The van der Waals surface area contributed by atoms with Crippen LogP contribution in [0.5, 0.6) is 0 Å². The maximum Gasteiger partial charge on any atom is 0.326 e. The van der Waals surface area contributed by atoms with Crippen LogP contribution in [0.3, 0.4) is 0 Å². The Labute approximate surface area is 112 Å². The molecule has 17 heavy (non-hydrogen) atoms. The largest absolute Gasteiger partial charge is 0.480 e. The highest BCUT2D eigenvalue weighted by Crippen LogP contribution is 2.22. The van der Waals surface area contributed by atoms with Crippen molar-refractivity contribution in [1.82, 2.24) is 5.32 Å². The van der Waals surface area contributed by atoms with Crippen LogP contribution in [0.15, 0.2) is 15.9 Å². The molecule has 0 aliphatic heterocycles. The quantitative estimate of drug-likeness (QED) is 0.847. The molecule has 0 saturated heterocycles. The van der Waals surface area contributed by atoms with Gasteiger partial charge in [-0.1, -0.05) is 19.8 Å². The van der Waals surface area contributed by atoms with Crippen molar-refractivity contribution in [3.05, 3.63) is 20.8 Å². The van der Waals surface area contributed by atoms with Crippen molar-refractivity contribution in [2.45, 2.75) is 32.2 Å². The summed E-state index contributed by atoms with van der Waals surface area (Å²) in [6.45, 7) is 1.98. The molecule has 2 N–H and O–H groups in total. The number of unbranched alkanes of at least 4 members (excludes halogenated alkanes) is 1. The van der Waals surface area contributed by atoms with E-state index in [1.165, 1.54) is 11.3 Å². The average Bonchev–Trinajstić information content (AvgIpc) is 2.70. The number of carboxylic acid groups (broad SMARTS) is 1. The number of nitrogens with one attached hydrogen (secondary N) is 1. The van der Waals surface area contributed by atoms with E-state index in [9.17, 15) is 9.59 Å². The van der Waals surface area contributed by atoms with Crippen LogP contribution in [0.1, 0.15) is 35.9 Å². The van der Waals surface area contributed by atoms with E-state index in [-0.39, 0.29) is 5.91 Å². The fraction of sp³-hybridized carbons (Fsp3) is 0.455. The van der Waals surface area contributed by atoms with Gasteiger partial charge in [0.2, 0.25) is 0 Å². The van der Waals surface area contributed by atoms with Crippen molar-refractivity contribution in [3.63, 3.8) is 0 Å². The summed E-state index contributed by atoms with van der Waals surface area (Å²) in [7, 11) is 0. The van der Waals surface area contributed by atoms with Crippen molar-refractivity contribution in [2.24, 2.45) is 0 Å². The van der Waals surface area contributed by atoms with E-state index in [1.54, 1.807) is 12.1 Å². The van der Waals surface area contributed by atoms with Gasteiger partial charge in [-0.2, -0.15) is 0 Å². The predicted molar refractivity (Wildman–Crippen MR) is 70.4 cm³/mol. The Kier molecular flexibility index (Phi) is 5.64. The Morgan fingerprint density at radius 2 is 2.24 bits per heavy atom. The third-order valence-corrected chi connectivity index (χ3v) is 3.87. The fourth-order valence-corrected chi connectivity index (χ4v) is 2.62. The van der Waals surface area contributed by atoms with Crippen molar-refractivity contribution < 1.29 is 14.7 Å². The number of amides is 1. The molecule has 1 aromatic heterocycles. The van der Waals surface area contributed by atoms with Gasteiger partial charge in [-0.3, -0.25) is 4.79 Å². The zero-order valence-electron chi connectivity index (χ0n) is 9.40. The Hall–Kier alpha value is -0.880. The fourth-order valence-electron chi connectivity index (χ4n) is 1.33. The van der Waals surface area contributed by atoms with E-state index >= 15 is 0 Å². The maximum absolute atomic E-state index is 11.8. The summed E-state index contributed by atoms with van der Waals surface area (Å²) in [4.78, 5) is 23.2. The second-order valence-corrected chi connectivity index (χ2v) is 6.07. The molecule has 0 bridgehead atoms. The number of hydrogen-bond acceptors (Lipinski definition) is 3. The third-order valence-electron chi connectivity index (χ3n) is 2.25. The van der Waals surface area contributed by atoms with E-state index < -0.39 is 12.0 Å². The number of aliphatic carboxylic acids is 1. The van der Waals surface area contributed by atoms with Crippen molar-refractivity contribution in [1.29, 1.82) is 0 Å². The molecule has 0 unspecified atom stereocenters. The maximum atomic E-state index is 11.8. The lowest BCUT2D eigenvalue weighted by Gasteiger charge is -2.13. The number of carbonyl (C=O) groups excluding carboxylic acids is 1. The molecule has 94 valence electrons. The number of hydrogen-bond donors (Lipinski definition) is 2. The first-order chi connectivity index (χ1) is 8.04. The van der Waals surface area contributed by atoms with Gasteiger partial charge in [-0.15, -0.1) is 11.3 Å². The molecule has 0 spiro atoms. The topological polar surface area (TPSA) is 66.4 Å². The monoisotopic (exact) mass is 319 g/mol. The lowest BCUT2D eigenvalue weighted by molar-refractivity contribution is -0.139. The second kappa shape index (κ2) is 6.76. The van der Waals surface area contributed by atoms with Crippen LogP contribution in [0.25, 0.3) is 0 Å². The molecule has 1 heterocycles. The van der Waals surface area contributed by atoms with Crippen LogP contribution < -0.4 is 5.32 Å². The van der Waals surface area contributed by atoms with Gasteiger partial charge in [0.15, 0.2) is 0 Å². The summed E-state index contributed by atoms with van der Waals surface area (Å²) < 4.78 is 0.850. The highest BCUT2D eigenvalue weighted by Gasteiger charge is 2.20. The molecular weight excluding hydrogens is 306 g/mol. The van der Waals surface area contributed by atoms with E-state index in [2.05, 4.69) is 21.2 Å². The zero-order chi connectivity index (χ0) is 12.8. The van der Waals surface area contributed by atoms with Gasteiger partial charge in [-0.25, -0.2) is 4.79 Å². The van der Waals surface area contributed by atoms with Crippen molar-refractivity contribution >= 4 is 39.1 Å². The molecule has 1 rings (SSSR count). The minimum atomic E-state index is -0.984. The van der Waals surface area contributed by atoms with E-state index in [0.717, 1.165) is 16.6 Å². The molecule has 0 saturated carbocycles. The van der Waals surface area contributed by atoms with Crippen LogP contribution in [0, 0.1) is 0 Å². The van der Waals surface area contributed by atoms with E-state index in [1.807, 2.05) is 6.92 Å². The Morgan fingerprint density at radius 3 is 2.71 bits per heavy atom. The lowest BCUT2D eigenvalue weighted by Crippen LogP contribution is -2.40. The van der Waals surface area contributed by atoms with Gasteiger partial charge < -0.3 is 10.4 Å². The summed E-state index contributed by atoms with van der Waals surface area (Å²) in [5.41, 5.74) is 0. The Morgan fingerprint density at radius 1 is 1.53 bits per heavy atom. The lowest BCUT2D eigenvalue weighted by atomic mass is 10.1. The number of carboxylic acids is 1. The molecule has 0 radical (unpaired) electrons. The van der Waals surface area contributed by atoms with Crippen LogP contribution in [0.2, 0.25) is 0 Å². The second-order valence-electron chi connectivity index (χ2n) is 3.61. The number of rotatable bonds is 6. The van der Waals surface area contributed by atoms with Gasteiger partial charge in [0.25, 0.3) is 5.91 Å². The summed E-state index contributed by atoms with van der Waals surface area (Å²) in [6.07, 6.45) is 2.15. The molecule has 0 aliphatic rings. The van der Waals surface area contributed by atoms with Crippen LogP contribution in [-0.2, 0) is 4.79 Å².